The quantitative estimate of drug-likeness (QED) is 0.486. The Balaban J connectivity index is 3.82. The maximum atomic E-state index is 11.5. The lowest BCUT2D eigenvalue weighted by Crippen LogP contribution is -2.35. The van der Waals surface area contributed by atoms with Gasteiger partial charge in [0, 0.05) is 12.2 Å². The molecule has 0 aromatic heterocycles. The summed E-state index contributed by atoms with van der Waals surface area (Å²) in [6.45, 7) is 4.03. The third-order valence-electron chi connectivity index (χ3n) is 2.15. The molecule has 0 aromatic rings. The number of rotatable bonds is 8. The number of aliphatic hydroxyl groups is 2. The van der Waals surface area contributed by atoms with Crippen LogP contribution in [-0.2, 0) is 10.8 Å². The van der Waals surface area contributed by atoms with Gasteiger partial charge in [0.25, 0.3) is 0 Å². The number of hydrogen-bond donors (Lipinski definition) is 2. The van der Waals surface area contributed by atoms with Crippen LogP contribution in [0.2, 0.25) is 0 Å². The predicted molar refractivity (Wildman–Crippen MR) is 59.2 cm³/mol. The topological polar surface area (TPSA) is 57.5 Å². The fourth-order valence-electron chi connectivity index (χ4n) is 1.17. The van der Waals surface area contributed by atoms with Crippen molar-refractivity contribution in [3.05, 3.63) is 0 Å². The highest BCUT2D eigenvalue weighted by atomic mass is 32.2. The summed E-state index contributed by atoms with van der Waals surface area (Å²) in [6.07, 6.45) is 4.65. The molecule has 0 radical (unpaired) electrons. The summed E-state index contributed by atoms with van der Waals surface area (Å²) in [5, 5.41) is 17.0. The zero-order chi connectivity index (χ0) is 11.0. The Morgan fingerprint density at radius 3 is 2.14 bits per heavy atom. The highest BCUT2D eigenvalue weighted by Gasteiger charge is 2.29. The van der Waals surface area contributed by atoms with Crippen LogP contribution in [0.1, 0.15) is 52.4 Å². The Bertz CT molecular complexity index is 169. The maximum Gasteiger partial charge on any atom is 0.242 e. The fourth-order valence-corrected chi connectivity index (χ4v) is 2.33. The second-order valence-electron chi connectivity index (χ2n) is 3.60. The molecule has 3 nitrogen and oxygen atoms in total. The second-order valence-corrected chi connectivity index (χ2v) is 5.36. The lowest BCUT2D eigenvalue weighted by atomic mass is 10.2. The minimum absolute atomic E-state index is 0.211. The van der Waals surface area contributed by atoms with Crippen molar-refractivity contribution in [1.29, 1.82) is 0 Å². The highest BCUT2D eigenvalue weighted by Crippen LogP contribution is 2.16. The van der Waals surface area contributed by atoms with Crippen LogP contribution in [0.5, 0.6) is 0 Å². The van der Waals surface area contributed by atoms with E-state index in [2.05, 4.69) is 6.92 Å². The van der Waals surface area contributed by atoms with E-state index in [0.29, 0.717) is 12.2 Å². The van der Waals surface area contributed by atoms with Crippen LogP contribution in [0.4, 0.5) is 0 Å². The zero-order valence-electron chi connectivity index (χ0n) is 9.16. The predicted octanol–water partition coefficient (Wildman–Crippen LogP) is 1.75. The van der Waals surface area contributed by atoms with E-state index in [9.17, 15) is 14.4 Å². The molecule has 0 heterocycles. The van der Waals surface area contributed by atoms with E-state index in [1.807, 2.05) is 6.92 Å². The van der Waals surface area contributed by atoms with E-state index in [0.717, 1.165) is 25.7 Å². The van der Waals surface area contributed by atoms with Crippen molar-refractivity contribution in [2.45, 2.75) is 57.5 Å². The highest BCUT2D eigenvalue weighted by molar-refractivity contribution is 7.86. The van der Waals surface area contributed by atoms with E-state index in [1.54, 1.807) is 0 Å². The Hall–Kier alpha value is 0.0700. The van der Waals surface area contributed by atoms with E-state index in [1.165, 1.54) is 0 Å². The van der Waals surface area contributed by atoms with Crippen LogP contribution < -0.4 is 0 Å². The van der Waals surface area contributed by atoms with Crippen molar-refractivity contribution < 1.29 is 14.4 Å². The normalized spacial score (nSPS) is 14.3. The van der Waals surface area contributed by atoms with Gasteiger partial charge in [0.2, 0.25) is 5.12 Å². The van der Waals surface area contributed by atoms with Gasteiger partial charge in [-0.2, -0.15) is 0 Å². The van der Waals surface area contributed by atoms with Gasteiger partial charge in [0.1, 0.15) is 0 Å². The van der Waals surface area contributed by atoms with Crippen molar-refractivity contribution >= 4 is 10.8 Å². The number of hydrogen-bond acceptors (Lipinski definition) is 3. The zero-order valence-corrected chi connectivity index (χ0v) is 9.98. The Morgan fingerprint density at radius 1 is 1.07 bits per heavy atom. The molecule has 1 unspecified atom stereocenters. The molecule has 0 saturated carbocycles. The Kier molecular flexibility index (Phi) is 7.41. The van der Waals surface area contributed by atoms with Gasteiger partial charge in [0.15, 0.2) is 0 Å². The summed E-state index contributed by atoms with van der Waals surface area (Å²) in [4.78, 5) is 0. The Labute approximate surface area is 89.0 Å². The largest absolute Gasteiger partial charge is 0.355 e. The van der Waals surface area contributed by atoms with E-state index in [-0.39, 0.29) is 6.42 Å². The van der Waals surface area contributed by atoms with Crippen molar-refractivity contribution in [3.8, 4) is 0 Å². The molecule has 2 N–H and O–H groups in total. The molecule has 14 heavy (non-hydrogen) atoms. The van der Waals surface area contributed by atoms with Gasteiger partial charge in [-0.25, -0.2) is 0 Å². The lowest BCUT2D eigenvalue weighted by molar-refractivity contribution is -0.0869. The first-order chi connectivity index (χ1) is 6.54. The van der Waals surface area contributed by atoms with Crippen molar-refractivity contribution in [2.75, 3.05) is 5.75 Å². The maximum absolute atomic E-state index is 11.5. The van der Waals surface area contributed by atoms with Gasteiger partial charge in [-0.15, -0.1) is 0 Å². The SMILES string of the molecule is CCCCCS(=O)C(O)(O)CCCC. The van der Waals surface area contributed by atoms with Gasteiger partial charge in [0.05, 0.1) is 10.8 Å². The third kappa shape index (κ3) is 5.73. The minimum atomic E-state index is -1.97. The van der Waals surface area contributed by atoms with Crippen LogP contribution >= 0.6 is 0 Å². The molecule has 0 fully saturated rings. The van der Waals surface area contributed by atoms with Crippen molar-refractivity contribution in [1.82, 2.24) is 0 Å². The molecule has 0 saturated heterocycles. The summed E-state index contributed by atoms with van der Waals surface area (Å²) in [6, 6.07) is 0. The average molecular weight is 222 g/mol. The summed E-state index contributed by atoms with van der Waals surface area (Å²) in [5.74, 6) is 0.393. The van der Waals surface area contributed by atoms with Crippen LogP contribution in [-0.4, -0.2) is 25.3 Å². The van der Waals surface area contributed by atoms with Gasteiger partial charge >= 0.3 is 0 Å². The van der Waals surface area contributed by atoms with Gasteiger partial charge in [-0.05, 0) is 12.8 Å². The molecule has 1 atom stereocenters. The molecular formula is C10H22O3S. The molecule has 0 amide bonds. The van der Waals surface area contributed by atoms with E-state index in [4.69, 9.17) is 0 Å². The minimum Gasteiger partial charge on any atom is -0.355 e. The molecule has 0 bridgehead atoms. The van der Waals surface area contributed by atoms with Crippen LogP contribution in [0.3, 0.4) is 0 Å². The summed E-state index contributed by atoms with van der Waals surface area (Å²) in [5.41, 5.74) is 0. The van der Waals surface area contributed by atoms with Gasteiger partial charge in [-0.1, -0.05) is 33.1 Å². The molecule has 4 heteroatoms. The molecule has 0 aliphatic rings. The summed E-state index contributed by atoms with van der Waals surface area (Å²) in [7, 11) is -1.52. The van der Waals surface area contributed by atoms with E-state index < -0.39 is 15.9 Å². The Morgan fingerprint density at radius 2 is 1.64 bits per heavy atom. The van der Waals surface area contributed by atoms with Crippen molar-refractivity contribution in [2.24, 2.45) is 0 Å². The van der Waals surface area contributed by atoms with Crippen LogP contribution in [0.25, 0.3) is 0 Å². The first-order valence-corrected chi connectivity index (χ1v) is 6.69. The van der Waals surface area contributed by atoms with Crippen LogP contribution in [0, 0.1) is 0 Å². The average Bonchev–Trinajstić information content (AvgIpc) is 2.15. The molecule has 0 rings (SSSR count). The first kappa shape index (κ1) is 14.1. The molecule has 0 aromatic carbocycles. The van der Waals surface area contributed by atoms with Crippen LogP contribution in [0.15, 0.2) is 0 Å². The second kappa shape index (κ2) is 7.37. The third-order valence-corrected chi connectivity index (χ3v) is 3.75. The molecule has 86 valence electrons. The molecule has 0 spiro atoms. The summed E-state index contributed by atoms with van der Waals surface area (Å²) < 4.78 is 11.5. The standard InChI is InChI=1S/C10H22O3S/c1-3-5-7-9-14(13)10(11,12)8-6-4-2/h11-12H,3-9H2,1-2H3. The van der Waals surface area contributed by atoms with E-state index >= 15 is 0 Å². The van der Waals surface area contributed by atoms with Gasteiger partial charge < -0.3 is 10.2 Å². The summed E-state index contributed by atoms with van der Waals surface area (Å²) >= 11 is 0. The molecule has 0 aliphatic heterocycles. The molecular weight excluding hydrogens is 200 g/mol. The number of unbranched alkanes of at least 4 members (excludes halogenated alkanes) is 3. The van der Waals surface area contributed by atoms with Gasteiger partial charge in [-0.3, -0.25) is 4.21 Å². The first-order valence-electron chi connectivity index (χ1n) is 5.37. The fraction of sp³-hybridized carbons (Fsp3) is 1.00. The smallest absolute Gasteiger partial charge is 0.242 e. The monoisotopic (exact) mass is 222 g/mol. The molecule has 0 aliphatic carbocycles. The lowest BCUT2D eigenvalue weighted by Gasteiger charge is -2.20. The van der Waals surface area contributed by atoms with Crippen molar-refractivity contribution in [3.63, 3.8) is 0 Å².